The molecule has 1 aliphatic rings. The second-order valence-corrected chi connectivity index (χ2v) is 8.33. The molecule has 0 spiro atoms. The van der Waals surface area contributed by atoms with Crippen molar-refractivity contribution in [3.8, 4) is 33.6 Å². The van der Waals surface area contributed by atoms with E-state index in [0.29, 0.717) is 29.1 Å². The molecule has 3 heterocycles. The molecule has 34 heavy (non-hydrogen) atoms. The van der Waals surface area contributed by atoms with E-state index in [4.69, 9.17) is 19.2 Å². The lowest BCUT2D eigenvalue weighted by Gasteiger charge is -2.05. The van der Waals surface area contributed by atoms with E-state index in [0.717, 1.165) is 28.3 Å². The summed E-state index contributed by atoms with van der Waals surface area (Å²) in [5.74, 6) is 2.47. The molecule has 9 heteroatoms. The Morgan fingerprint density at radius 2 is 2.00 bits per heavy atom. The monoisotopic (exact) mass is 474 g/mol. The lowest BCUT2D eigenvalue weighted by molar-refractivity contribution is -0.111. The Kier molecular flexibility index (Phi) is 6.01. The molecule has 4 aromatic rings. The molecule has 1 N–H and O–H groups in total. The molecule has 0 bridgehead atoms. The second-order valence-electron chi connectivity index (χ2n) is 7.49. The van der Waals surface area contributed by atoms with Gasteiger partial charge in [-0.3, -0.25) is 4.79 Å². The van der Waals surface area contributed by atoms with Gasteiger partial charge in [-0.1, -0.05) is 6.07 Å². The second kappa shape index (κ2) is 9.40. The molecule has 172 valence electrons. The molecular formula is C25H22N4O4S. The normalized spacial score (nSPS) is 12.3. The molecule has 0 radical (unpaired) electrons. The number of carbonyl (C=O) groups is 1. The van der Waals surface area contributed by atoms with Gasteiger partial charge >= 0.3 is 0 Å². The maximum absolute atomic E-state index is 12.6. The van der Waals surface area contributed by atoms with Crippen LogP contribution in [0.2, 0.25) is 0 Å². The van der Waals surface area contributed by atoms with Crippen molar-refractivity contribution in [2.75, 3.05) is 18.7 Å². The van der Waals surface area contributed by atoms with Gasteiger partial charge in [0.1, 0.15) is 11.6 Å². The fourth-order valence-corrected chi connectivity index (χ4v) is 4.27. The Morgan fingerprint density at radius 1 is 1.18 bits per heavy atom. The van der Waals surface area contributed by atoms with Crippen LogP contribution in [0.5, 0.6) is 17.2 Å². The van der Waals surface area contributed by atoms with E-state index in [-0.39, 0.29) is 12.7 Å². The van der Waals surface area contributed by atoms with Crippen LogP contribution in [-0.4, -0.2) is 34.1 Å². The van der Waals surface area contributed by atoms with Gasteiger partial charge in [0.05, 0.1) is 18.0 Å². The zero-order chi connectivity index (χ0) is 23.5. The van der Waals surface area contributed by atoms with Crippen LogP contribution in [0, 0.1) is 6.92 Å². The van der Waals surface area contributed by atoms with Crippen LogP contribution in [0.25, 0.3) is 22.5 Å². The lowest BCUT2D eigenvalue weighted by atomic mass is 10.2. The highest BCUT2D eigenvalue weighted by Crippen LogP contribution is 2.33. The number of hydrogen-bond donors (Lipinski definition) is 1. The van der Waals surface area contributed by atoms with Gasteiger partial charge in [-0.15, -0.1) is 11.3 Å². The van der Waals surface area contributed by atoms with Crippen molar-refractivity contribution in [2.24, 2.45) is 0 Å². The summed E-state index contributed by atoms with van der Waals surface area (Å²) in [4.78, 5) is 17.3. The lowest BCUT2D eigenvalue weighted by Crippen LogP contribution is -2.12. The number of aryl methyl sites for hydroxylation is 1. The van der Waals surface area contributed by atoms with Gasteiger partial charge in [-0.05, 0) is 61.9 Å². The van der Waals surface area contributed by atoms with Crippen LogP contribution in [0.4, 0.5) is 5.82 Å². The number of fused-ring (bicyclic) bond motifs is 1. The Morgan fingerprint density at radius 3 is 2.82 bits per heavy atom. The number of benzene rings is 2. The van der Waals surface area contributed by atoms with Crippen LogP contribution in [-0.2, 0) is 4.79 Å². The molecule has 1 aliphatic heterocycles. The third kappa shape index (κ3) is 4.65. The number of amides is 1. The molecule has 0 atom stereocenters. The minimum Gasteiger partial charge on any atom is -0.494 e. The van der Waals surface area contributed by atoms with Crippen molar-refractivity contribution in [3.63, 3.8) is 0 Å². The Labute approximate surface area is 200 Å². The summed E-state index contributed by atoms with van der Waals surface area (Å²) in [6.45, 7) is 4.66. The number of nitrogens with one attached hydrogen (secondary N) is 1. The maximum atomic E-state index is 12.6. The van der Waals surface area contributed by atoms with E-state index >= 15 is 0 Å². The van der Waals surface area contributed by atoms with Crippen molar-refractivity contribution in [3.05, 3.63) is 71.2 Å². The number of rotatable bonds is 7. The summed E-state index contributed by atoms with van der Waals surface area (Å²) in [6.07, 6.45) is 3.19. The van der Waals surface area contributed by atoms with E-state index in [1.54, 1.807) is 10.8 Å². The summed E-state index contributed by atoms with van der Waals surface area (Å²) in [5.41, 5.74) is 3.42. The summed E-state index contributed by atoms with van der Waals surface area (Å²) in [6, 6.07) is 15.1. The van der Waals surface area contributed by atoms with E-state index in [1.165, 1.54) is 17.4 Å². The summed E-state index contributed by atoms with van der Waals surface area (Å²) in [7, 11) is 0. The van der Waals surface area contributed by atoms with E-state index < -0.39 is 0 Å². The number of hydrogen-bond acceptors (Lipinski definition) is 7. The summed E-state index contributed by atoms with van der Waals surface area (Å²) >= 11 is 1.45. The largest absolute Gasteiger partial charge is 0.494 e. The van der Waals surface area contributed by atoms with Crippen LogP contribution < -0.4 is 19.5 Å². The first-order valence-electron chi connectivity index (χ1n) is 10.7. The van der Waals surface area contributed by atoms with Gasteiger partial charge in [0, 0.05) is 23.1 Å². The average Bonchev–Trinajstić information content (AvgIpc) is 3.58. The first-order chi connectivity index (χ1) is 16.6. The zero-order valence-corrected chi connectivity index (χ0v) is 19.5. The SMILES string of the molecule is CCOc1ccc(-c2csc(-n3nc(C)cc3NC(=O)/C=C/c3ccc4c(c3)OCO4)n2)cc1. The molecule has 0 aliphatic carbocycles. The maximum Gasteiger partial charge on any atom is 0.249 e. The van der Waals surface area contributed by atoms with Crippen molar-refractivity contribution >= 4 is 29.1 Å². The van der Waals surface area contributed by atoms with Gasteiger partial charge in [-0.25, -0.2) is 4.98 Å². The van der Waals surface area contributed by atoms with Crippen molar-refractivity contribution in [2.45, 2.75) is 13.8 Å². The molecule has 1 amide bonds. The number of carbonyl (C=O) groups excluding carboxylic acids is 1. The average molecular weight is 475 g/mol. The minimum atomic E-state index is -0.276. The van der Waals surface area contributed by atoms with Gasteiger partial charge in [0.2, 0.25) is 17.8 Å². The predicted molar refractivity (Wildman–Crippen MR) is 131 cm³/mol. The number of anilines is 1. The first kappa shape index (κ1) is 21.7. The fourth-order valence-electron chi connectivity index (χ4n) is 3.47. The van der Waals surface area contributed by atoms with E-state index in [2.05, 4.69) is 10.4 Å². The fraction of sp³-hybridized carbons (Fsp3) is 0.160. The standard InChI is InChI=1S/C25H22N4O4S/c1-3-31-19-8-6-18(7-9-19)20-14-34-25(26-20)29-23(12-16(2)28-29)27-24(30)11-5-17-4-10-21-22(13-17)33-15-32-21/h4-14H,3,15H2,1-2H3,(H,27,30)/b11-5+. The molecule has 0 unspecified atom stereocenters. The van der Waals surface area contributed by atoms with Gasteiger partial charge in [0.15, 0.2) is 11.5 Å². The smallest absolute Gasteiger partial charge is 0.249 e. The third-order valence-electron chi connectivity index (χ3n) is 5.04. The third-order valence-corrected chi connectivity index (χ3v) is 5.86. The van der Waals surface area contributed by atoms with Gasteiger partial charge in [-0.2, -0.15) is 9.78 Å². The zero-order valence-electron chi connectivity index (χ0n) is 18.6. The van der Waals surface area contributed by atoms with Crippen molar-refractivity contribution in [1.82, 2.24) is 14.8 Å². The topological polar surface area (TPSA) is 87.5 Å². The van der Waals surface area contributed by atoms with Crippen LogP contribution in [0.15, 0.2) is 60.0 Å². The Bertz CT molecular complexity index is 1360. The minimum absolute atomic E-state index is 0.212. The van der Waals surface area contributed by atoms with Crippen molar-refractivity contribution < 1.29 is 19.0 Å². The number of aromatic nitrogens is 3. The van der Waals surface area contributed by atoms with Crippen LogP contribution in [0.3, 0.4) is 0 Å². The van der Waals surface area contributed by atoms with Crippen LogP contribution in [0.1, 0.15) is 18.2 Å². The molecule has 8 nitrogen and oxygen atoms in total. The van der Waals surface area contributed by atoms with E-state index in [9.17, 15) is 4.79 Å². The summed E-state index contributed by atoms with van der Waals surface area (Å²) < 4.78 is 17.8. The molecule has 0 fully saturated rings. The molecule has 0 saturated heterocycles. The highest BCUT2D eigenvalue weighted by atomic mass is 32.1. The van der Waals surface area contributed by atoms with Crippen LogP contribution >= 0.6 is 11.3 Å². The molecule has 2 aromatic heterocycles. The molecule has 0 saturated carbocycles. The molecular weight excluding hydrogens is 452 g/mol. The number of thiazole rings is 1. The highest BCUT2D eigenvalue weighted by molar-refractivity contribution is 7.12. The van der Waals surface area contributed by atoms with E-state index in [1.807, 2.05) is 67.8 Å². The van der Waals surface area contributed by atoms with Gasteiger partial charge in [0.25, 0.3) is 0 Å². The van der Waals surface area contributed by atoms with Gasteiger partial charge < -0.3 is 19.5 Å². The quantitative estimate of drug-likeness (QED) is 0.376. The molecule has 2 aromatic carbocycles. The molecule has 5 rings (SSSR count). The Balaban J connectivity index is 1.31. The number of ether oxygens (including phenoxy) is 3. The summed E-state index contributed by atoms with van der Waals surface area (Å²) in [5, 5.41) is 10.0. The highest BCUT2D eigenvalue weighted by Gasteiger charge is 2.15. The van der Waals surface area contributed by atoms with Crippen molar-refractivity contribution in [1.29, 1.82) is 0 Å². The predicted octanol–water partition coefficient (Wildman–Crippen LogP) is 5.08. The number of nitrogens with zero attached hydrogens (tertiary/aromatic N) is 3. The first-order valence-corrected chi connectivity index (χ1v) is 11.6. The Hall–Kier alpha value is -4.11.